The molecule has 3 rings (SSSR count). The van der Waals surface area contributed by atoms with Gasteiger partial charge in [-0.15, -0.1) is 10.2 Å². The van der Waals surface area contributed by atoms with Crippen molar-refractivity contribution in [3.05, 3.63) is 65.7 Å². The summed E-state index contributed by atoms with van der Waals surface area (Å²) in [6, 6.07) is 11.4. The standard InChI is InChI=1S/C16H12F2N4OS2/c17-11-5-7-12(8-6-11)19-14(23)20-15-21-22-16(25-15)24-9-10-3-1-2-4-13(10)18/h1-8H,9H2,(H2,19,20,21,23). The van der Waals surface area contributed by atoms with Gasteiger partial charge >= 0.3 is 6.03 Å². The summed E-state index contributed by atoms with van der Waals surface area (Å²) in [5.74, 6) is -0.230. The van der Waals surface area contributed by atoms with Crippen LogP contribution in [-0.2, 0) is 5.75 Å². The molecule has 3 aromatic rings. The number of rotatable bonds is 5. The van der Waals surface area contributed by atoms with Gasteiger partial charge in [-0.1, -0.05) is 41.3 Å². The summed E-state index contributed by atoms with van der Waals surface area (Å²) in [6.07, 6.45) is 0. The van der Waals surface area contributed by atoms with Crippen LogP contribution in [0.4, 0.5) is 24.4 Å². The van der Waals surface area contributed by atoms with E-state index in [0.29, 0.717) is 26.5 Å². The first kappa shape index (κ1) is 17.3. The average Bonchev–Trinajstić information content (AvgIpc) is 3.03. The zero-order chi connectivity index (χ0) is 17.6. The number of carbonyl (C=O) groups excluding carboxylic acids is 1. The lowest BCUT2D eigenvalue weighted by Gasteiger charge is -2.04. The molecule has 1 aromatic heterocycles. The summed E-state index contributed by atoms with van der Waals surface area (Å²) < 4.78 is 27.0. The molecule has 0 unspecified atom stereocenters. The van der Waals surface area contributed by atoms with Crippen LogP contribution in [0.15, 0.2) is 52.9 Å². The third kappa shape index (κ3) is 4.97. The van der Waals surface area contributed by atoms with Crippen LogP contribution in [0.2, 0.25) is 0 Å². The highest BCUT2D eigenvalue weighted by molar-refractivity contribution is 8.00. The Labute approximate surface area is 150 Å². The summed E-state index contributed by atoms with van der Waals surface area (Å²) in [5, 5.41) is 13.2. The Kier molecular flexibility index (Phi) is 5.56. The predicted molar refractivity (Wildman–Crippen MR) is 94.9 cm³/mol. The normalized spacial score (nSPS) is 10.5. The van der Waals surface area contributed by atoms with Gasteiger partial charge in [0.15, 0.2) is 4.34 Å². The number of urea groups is 1. The van der Waals surface area contributed by atoms with Crippen LogP contribution in [-0.4, -0.2) is 16.2 Å². The fourth-order valence-corrected chi connectivity index (χ4v) is 3.60. The third-order valence-electron chi connectivity index (χ3n) is 3.04. The predicted octanol–water partition coefficient (Wildman–Crippen LogP) is 4.75. The van der Waals surface area contributed by atoms with Gasteiger partial charge in [0, 0.05) is 11.4 Å². The van der Waals surface area contributed by atoms with Gasteiger partial charge in [0.1, 0.15) is 11.6 Å². The molecule has 2 amide bonds. The van der Waals surface area contributed by atoms with E-state index in [4.69, 9.17) is 0 Å². The van der Waals surface area contributed by atoms with Crippen molar-refractivity contribution in [3.8, 4) is 0 Å². The molecule has 1 heterocycles. The highest BCUT2D eigenvalue weighted by Gasteiger charge is 2.10. The maximum absolute atomic E-state index is 13.6. The maximum Gasteiger partial charge on any atom is 0.325 e. The van der Waals surface area contributed by atoms with Crippen LogP contribution < -0.4 is 10.6 Å². The second-order valence-corrected chi connectivity index (χ2v) is 7.04. The topological polar surface area (TPSA) is 66.9 Å². The Hall–Kier alpha value is -2.52. The quantitative estimate of drug-likeness (QED) is 0.497. The molecule has 0 aliphatic carbocycles. The molecule has 2 N–H and O–H groups in total. The molecular weight excluding hydrogens is 366 g/mol. The van der Waals surface area contributed by atoms with E-state index in [9.17, 15) is 13.6 Å². The van der Waals surface area contributed by atoms with E-state index in [-0.39, 0.29) is 11.6 Å². The molecule has 0 bridgehead atoms. The van der Waals surface area contributed by atoms with Gasteiger partial charge in [0.2, 0.25) is 5.13 Å². The highest BCUT2D eigenvalue weighted by atomic mass is 32.2. The van der Waals surface area contributed by atoms with Crippen molar-refractivity contribution in [2.45, 2.75) is 10.1 Å². The molecule has 9 heteroatoms. The first-order valence-electron chi connectivity index (χ1n) is 7.13. The summed E-state index contributed by atoms with van der Waals surface area (Å²) in [5.41, 5.74) is 1.03. The summed E-state index contributed by atoms with van der Waals surface area (Å²) in [4.78, 5) is 11.9. The molecule has 0 fully saturated rings. The van der Waals surface area contributed by atoms with Crippen LogP contribution >= 0.6 is 23.1 Å². The van der Waals surface area contributed by atoms with Gasteiger partial charge in [-0.3, -0.25) is 5.32 Å². The van der Waals surface area contributed by atoms with Crippen molar-refractivity contribution in [1.29, 1.82) is 0 Å². The van der Waals surface area contributed by atoms with E-state index in [1.54, 1.807) is 18.2 Å². The van der Waals surface area contributed by atoms with E-state index in [1.807, 2.05) is 0 Å². The van der Waals surface area contributed by atoms with Gasteiger partial charge in [-0.05, 0) is 35.9 Å². The molecule has 0 spiro atoms. The number of benzene rings is 2. The van der Waals surface area contributed by atoms with E-state index in [1.165, 1.54) is 53.4 Å². The summed E-state index contributed by atoms with van der Waals surface area (Å²) in [6.45, 7) is 0. The second-order valence-electron chi connectivity index (χ2n) is 4.84. The minimum atomic E-state index is -0.506. The number of hydrogen-bond donors (Lipinski definition) is 2. The Morgan fingerprint density at radius 1 is 1.04 bits per heavy atom. The lowest BCUT2D eigenvalue weighted by molar-refractivity contribution is 0.262. The van der Waals surface area contributed by atoms with E-state index in [0.717, 1.165) is 0 Å². The first-order valence-corrected chi connectivity index (χ1v) is 8.93. The summed E-state index contributed by atoms with van der Waals surface area (Å²) in [7, 11) is 0. The number of halogens is 2. The first-order chi connectivity index (χ1) is 12.1. The molecule has 0 aliphatic heterocycles. The highest BCUT2D eigenvalue weighted by Crippen LogP contribution is 2.29. The van der Waals surface area contributed by atoms with Crippen LogP contribution in [0.25, 0.3) is 0 Å². The average molecular weight is 378 g/mol. The van der Waals surface area contributed by atoms with Crippen molar-refractivity contribution in [3.63, 3.8) is 0 Å². The minimum Gasteiger partial charge on any atom is -0.308 e. The number of nitrogens with zero attached hydrogens (tertiary/aromatic N) is 2. The molecule has 0 saturated heterocycles. The van der Waals surface area contributed by atoms with Gasteiger partial charge in [0.05, 0.1) is 0 Å². The number of anilines is 2. The largest absolute Gasteiger partial charge is 0.325 e. The van der Waals surface area contributed by atoms with Gasteiger partial charge in [-0.2, -0.15) is 0 Å². The molecular formula is C16H12F2N4OS2. The maximum atomic E-state index is 13.6. The minimum absolute atomic E-state index is 0.267. The van der Waals surface area contributed by atoms with E-state index in [2.05, 4.69) is 20.8 Å². The van der Waals surface area contributed by atoms with Crippen LogP contribution in [0.1, 0.15) is 5.56 Å². The number of thioether (sulfide) groups is 1. The molecule has 5 nitrogen and oxygen atoms in total. The Morgan fingerprint density at radius 3 is 2.56 bits per heavy atom. The Bertz CT molecular complexity index is 871. The van der Waals surface area contributed by atoms with Crippen LogP contribution in [0.5, 0.6) is 0 Å². The molecule has 0 aliphatic rings. The number of carbonyl (C=O) groups is 1. The Morgan fingerprint density at radius 2 is 1.80 bits per heavy atom. The number of aromatic nitrogens is 2. The van der Waals surface area contributed by atoms with Crippen molar-refractivity contribution in [2.75, 3.05) is 10.6 Å². The Balaban J connectivity index is 1.53. The van der Waals surface area contributed by atoms with Crippen molar-refractivity contribution in [2.24, 2.45) is 0 Å². The van der Waals surface area contributed by atoms with Crippen molar-refractivity contribution < 1.29 is 13.6 Å². The van der Waals surface area contributed by atoms with E-state index >= 15 is 0 Å². The second kappa shape index (κ2) is 8.04. The fraction of sp³-hybridized carbons (Fsp3) is 0.0625. The number of hydrogen-bond acceptors (Lipinski definition) is 5. The van der Waals surface area contributed by atoms with Crippen LogP contribution in [0.3, 0.4) is 0 Å². The molecule has 0 saturated carbocycles. The number of amides is 2. The summed E-state index contributed by atoms with van der Waals surface area (Å²) >= 11 is 2.52. The molecule has 0 radical (unpaired) electrons. The lowest BCUT2D eigenvalue weighted by atomic mass is 10.2. The van der Waals surface area contributed by atoms with Gasteiger partial charge in [-0.25, -0.2) is 13.6 Å². The zero-order valence-electron chi connectivity index (χ0n) is 12.7. The molecule has 2 aromatic carbocycles. The smallest absolute Gasteiger partial charge is 0.308 e. The SMILES string of the molecule is O=C(Nc1ccc(F)cc1)Nc1nnc(SCc2ccccc2F)s1. The molecule has 0 atom stereocenters. The monoisotopic (exact) mass is 378 g/mol. The van der Waals surface area contributed by atoms with Gasteiger partial charge in [0.25, 0.3) is 0 Å². The molecule has 25 heavy (non-hydrogen) atoms. The molecule has 128 valence electrons. The fourth-order valence-electron chi connectivity index (χ4n) is 1.87. The zero-order valence-corrected chi connectivity index (χ0v) is 14.3. The number of nitrogens with one attached hydrogen (secondary N) is 2. The van der Waals surface area contributed by atoms with Gasteiger partial charge < -0.3 is 5.32 Å². The van der Waals surface area contributed by atoms with E-state index < -0.39 is 6.03 Å². The van der Waals surface area contributed by atoms with Crippen molar-refractivity contribution in [1.82, 2.24) is 10.2 Å². The third-order valence-corrected chi connectivity index (χ3v) is 5.06. The van der Waals surface area contributed by atoms with Crippen LogP contribution in [0, 0.1) is 11.6 Å². The lowest BCUT2D eigenvalue weighted by Crippen LogP contribution is -2.19. The van der Waals surface area contributed by atoms with Crippen molar-refractivity contribution >= 4 is 39.9 Å².